The molecule has 0 atom stereocenters. The zero-order valence-electron chi connectivity index (χ0n) is 28.5. The molecule has 0 saturated carbocycles. The first-order chi connectivity index (χ1) is 26.3. The van der Waals surface area contributed by atoms with E-state index in [4.69, 9.17) is 13.8 Å². The number of hydrogen-bond acceptors (Lipinski definition) is 3. The van der Waals surface area contributed by atoms with Gasteiger partial charge in [0.15, 0.2) is 0 Å². The molecule has 0 saturated heterocycles. The van der Waals surface area contributed by atoms with Gasteiger partial charge < -0.3 is 8.83 Å². The minimum atomic E-state index is 0.841. The first-order valence-corrected chi connectivity index (χ1v) is 17.9. The first kappa shape index (κ1) is 29.5. The number of rotatable bonds is 5. The van der Waals surface area contributed by atoms with Crippen molar-refractivity contribution in [2.75, 3.05) is 0 Å². The summed E-state index contributed by atoms with van der Waals surface area (Å²) in [5, 5.41) is 4.27. The molecule has 3 aromatic heterocycles. The molecule has 0 amide bonds. The molecule has 11 aromatic rings. The van der Waals surface area contributed by atoms with Crippen LogP contribution in [0.1, 0.15) is 0 Å². The maximum Gasteiger partial charge on any atom is 0.147 e. The Kier molecular flexibility index (Phi) is 6.52. The lowest BCUT2D eigenvalue weighted by atomic mass is 9.96. The summed E-state index contributed by atoms with van der Waals surface area (Å²) < 4.78 is 15.2. The Bertz CT molecular complexity index is 3130. The van der Waals surface area contributed by atoms with Crippen LogP contribution in [0.4, 0.5) is 0 Å². The van der Waals surface area contributed by atoms with Gasteiger partial charge in [-0.2, -0.15) is 0 Å². The second-order valence-electron chi connectivity index (χ2n) is 13.5. The van der Waals surface area contributed by atoms with Gasteiger partial charge in [-0.25, -0.2) is 4.98 Å². The highest BCUT2D eigenvalue weighted by Crippen LogP contribution is 2.44. The lowest BCUT2D eigenvalue weighted by Gasteiger charge is -2.12. The smallest absolute Gasteiger partial charge is 0.147 e. The Morgan fingerprint density at radius 3 is 1.66 bits per heavy atom. The summed E-state index contributed by atoms with van der Waals surface area (Å²) in [6.45, 7) is 0. The third-order valence-corrected chi connectivity index (χ3v) is 10.5. The zero-order valence-corrected chi connectivity index (χ0v) is 28.5. The number of para-hydroxylation sites is 4. The molecule has 0 radical (unpaired) electrons. The lowest BCUT2D eigenvalue weighted by molar-refractivity contribution is 0.663. The van der Waals surface area contributed by atoms with Gasteiger partial charge in [-0.15, -0.1) is 0 Å². The average Bonchev–Trinajstić information content (AvgIpc) is 3.93. The maximum atomic E-state index is 6.54. The molecule has 53 heavy (non-hydrogen) atoms. The van der Waals surface area contributed by atoms with Crippen LogP contribution in [0.5, 0.6) is 0 Å². The highest BCUT2D eigenvalue weighted by molar-refractivity contribution is 6.25. The van der Waals surface area contributed by atoms with Crippen molar-refractivity contribution >= 4 is 54.9 Å². The molecule has 0 bridgehead atoms. The highest BCUT2D eigenvalue weighted by Gasteiger charge is 2.21. The fraction of sp³-hybridized carbons (Fsp3) is 0. The predicted molar refractivity (Wildman–Crippen MR) is 217 cm³/mol. The molecular weight excluding hydrogens is 649 g/mol. The van der Waals surface area contributed by atoms with Crippen molar-refractivity contribution in [2.45, 2.75) is 0 Å². The van der Waals surface area contributed by atoms with Crippen molar-refractivity contribution in [3.63, 3.8) is 0 Å². The van der Waals surface area contributed by atoms with Crippen molar-refractivity contribution in [2.24, 2.45) is 0 Å². The molecule has 0 aliphatic rings. The van der Waals surface area contributed by atoms with Crippen LogP contribution in [0.15, 0.2) is 191 Å². The van der Waals surface area contributed by atoms with Gasteiger partial charge in [-0.3, -0.25) is 4.57 Å². The lowest BCUT2D eigenvalue weighted by Crippen LogP contribution is -1.97. The van der Waals surface area contributed by atoms with E-state index >= 15 is 0 Å². The number of fused-ring (bicyclic) bond motifs is 8. The summed E-state index contributed by atoms with van der Waals surface area (Å²) >= 11 is 0. The number of aromatic nitrogens is 2. The number of furan rings is 2. The van der Waals surface area contributed by atoms with E-state index < -0.39 is 0 Å². The number of benzene rings is 8. The van der Waals surface area contributed by atoms with Gasteiger partial charge in [-0.1, -0.05) is 140 Å². The summed E-state index contributed by atoms with van der Waals surface area (Å²) in [7, 11) is 0. The molecule has 0 spiro atoms. The van der Waals surface area contributed by atoms with Crippen LogP contribution in [0.25, 0.3) is 105 Å². The molecule has 0 unspecified atom stereocenters. The van der Waals surface area contributed by atoms with Gasteiger partial charge in [0.25, 0.3) is 0 Å². The molecule has 0 fully saturated rings. The van der Waals surface area contributed by atoms with Gasteiger partial charge in [0, 0.05) is 33.0 Å². The summed E-state index contributed by atoms with van der Waals surface area (Å²) in [5.74, 6) is 0.919. The molecule has 3 heterocycles. The number of imidazole rings is 1. The molecule has 0 aliphatic heterocycles. The molecule has 0 aliphatic carbocycles. The second-order valence-corrected chi connectivity index (χ2v) is 13.5. The molecule has 8 aromatic carbocycles. The number of hydrogen-bond donors (Lipinski definition) is 0. The molecule has 248 valence electrons. The highest BCUT2D eigenvalue weighted by atomic mass is 16.3. The van der Waals surface area contributed by atoms with E-state index in [1.165, 1.54) is 11.1 Å². The minimum Gasteiger partial charge on any atom is -0.455 e. The first-order valence-electron chi connectivity index (χ1n) is 17.9. The van der Waals surface area contributed by atoms with Gasteiger partial charge in [-0.05, 0) is 70.3 Å². The van der Waals surface area contributed by atoms with Crippen LogP contribution < -0.4 is 0 Å². The quantitative estimate of drug-likeness (QED) is 0.182. The van der Waals surface area contributed by atoms with E-state index in [0.717, 1.165) is 94.2 Å². The standard InChI is InChI=1S/C49H30N2O2/c1-2-10-31(11-3-1)32-20-24-36(25-21-32)49-50-42-14-6-7-15-43(42)51(49)37-28-26-34(27-29-37)33-18-22-35(23-19-33)40-30-41-38-12-4-8-16-44(38)52-48(41)46-39-13-5-9-17-45(39)53-47(40)46/h1-30H. The van der Waals surface area contributed by atoms with Crippen LogP contribution in [0, 0.1) is 0 Å². The van der Waals surface area contributed by atoms with Crippen LogP contribution in [-0.4, -0.2) is 9.55 Å². The van der Waals surface area contributed by atoms with Crippen molar-refractivity contribution in [1.82, 2.24) is 9.55 Å². The Morgan fingerprint density at radius 2 is 0.925 bits per heavy atom. The van der Waals surface area contributed by atoms with E-state index in [1.807, 2.05) is 36.4 Å². The normalized spacial score (nSPS) is 11.8. The van der Waals surface area contributed by atoms with Crippen LogP contribution >= 0.6 is 0 Å². The van der Waals surface area contributed by atoms with Crippen molar-refractivity contribution in [3.05, 3.63) is 182 Å². The molecule has 4 heteroatoms. The van der Waals surface area contributed by atoms with E-state index in [0.29, 0.717) is 0 Å². The third kappa shape index (κ3) is 4.73. The van der Waals surface area contributed by atoms with Crippen LogP contribution in [0.2, 0.25) is 0 Å². The van der Waals surface area contributed by atoms with Gasteiger partial charge >= 0.3 is 0 Å². The maximum absolute atomic E-state index is 6.54. The van der Waals surface area contributed by atoms with Crippen molar-refractivity contribution in [1.29, 1.82) is 0 Å². The van der Waals surface area contributed by atoms with Gasteiger partial charge in [0.1, 0.15) is 28.2 Å². The topological polar surface area (TPSA) is 44.1 Å². The van der Waals surface area contributed by atoms with Crippen molar-refractivity contribution in [3.8, 4) is 50.5 Å². The average molecular weight is 679 g/mol. The fourth-order valence-electron chi connectivity index (χ4n) is 7.85. The largest absolute Gasteiger partial charge is 0.455 e. The Labute approximate surface area is 304 Å². The van der Waals surface area contributed by atoms with E-state index in [2.05, 4.69) is 150 Å². The summed E-state index contributed by atoms with van der Waals surface area (Å²) in [6.07, 6.45) is 0. The summed E-state index contributed by atoms with van der Waals surface area (Å²) in [5.41, 5.74) is 14.4. The minimum absolute atomic E-state index is 0.841. The van der Waals surface area contributed by atoms with Gasteiger partial charge in [0.2, 0.25) is 0 Å². The monoisotopic (exact) mass is 678 g/mol. The zero-order chi connectivity index (χ0) is 34.9. The summed E-state index contributed by atoms with van der Waals surface area (Å²) in [4.78, 5) is 5.10. The molecular formula is C49H30N2O2. The third-order valence-electron chi connectivity index (χ3n) is 10.5. The Morgan fingerprint density at radius 1 is 0.396 bits per heavy atom. The van der Waals surface area contributed by atoms with E-state index in [9.17, 15) is 0 Å². The van der Waals surface area contributed by atoms with Crippen LogP contribution in [-0.2, 0) is 0 Å². The Balaban J connectivity index is 0.970. The molecule has 11 rings (SSSR count). The molecule has 4 nitrogen and oxygen atoms in total. The van der Waals surface area contributed by atoms with E-state index in [1.54, 1.807) is 0 Å². The predicted octanol–water partition coefficient (Wildman–Crippen LogP) is 13.5. The van der Waals surface area contributed by atoms with Crippen LogP contribution in [0.3, 0.4) is 0 Å². The number of nitrogens with zero attached hydrogens (tertiary/aromatic N) is 2. The van der Waals surface area contributed by atoms with E-state index in [-0.39, 0.29) is 0 Å². The molecule has 0 N–H and O–H groups in total. The fourth-order valence-corrected chi connectivity index (χ4v) is 7.85. The van der Waals surface area contributed by atoms with Gasteiger partial charge in [0.05, 0.1) is 16.4 Å². The SMILES string of the molecule is c1ccc(-c2ccc(-c3nc4ccccc4n3-c3ccc(-c4ccc(-c5cc6c7ccccc7oc6c6c5oc5ccccc56)cc4)cc3)cc2)cc1. The summed E-state index contributed by atoms with van der Waals surface area (Å²) in [6, 6.07) is 63.7. The second kappa shape index (κ2) is 11.7. The van der Waals surface area contributed by atoms with Crippen molar-refractivity contribution < 1.29 is 8.83 Å². The Hall–Kier alpha value is -7.17.